The summed E-state index contributed by atoms with van der Waals surface area (Å²) in [6.45, 7) is 4.03. The number of fused-ring (bicyclic) bond motifs is 1. The first-order valence-corrected chi connectivity index (χ1v) is 8.86. The summed E-state index contributed by atoms with van der Waals surface area (Å²) in [5, 5.41) is -0.164. The van der Waals surface area contributed by atoms with Gasteiger partial charge in [0.15, 0.2) is 0 Å². The van der Waals surface area contributed by atoms with E-state index in [4.69, 9.17) is 16.6 Å². The maximum absolute atomic E-state index is 6.35. The number of aryl methyl sites for hydroxylation is 1. The van der Waals surface area contributed by atoms with Crippen molar-refractivity contribution in [2.24, 2.45) is 0 Å². The van der Waals surface area contributed by atoms with Gasteiger partial charge in [-0.25, -0.2) is 4.98 Å². The molecule has 0 saturated carbocycles. The fourth-order valence-corrected chi connectivity index (χ4v) is 3.68. The Morgan fingerprint density at radius 2 is 2.00 bits per heavy atom. The molecule has 0 aliphatic carbocycles. The lowest BCUT2D eigenvalue weighted by atomic mass is 10.2. The zero-order valence-electron chi connectivity index (χ0n) is 11.6. The van der Waals surface area contributed by atoms with E-state index in [-0.39, 0.29) is 5.38 Å². The molecule has 0 radical (unpaired) electrons. The molecule has 1 atom stereocenters. The number of aromatic nitrogens is 2. The Kier molecular flexibility index (Phi) is 4.30. The van der Waals surface area contributed by atoms with Crippen LogP contribution in [0.25, 0.3) is 16.7 Å². The first-order chi connectivity index (χ1) is 9.97. The molecule has 5 heteroatoms. The lowest BCUT2D eigenvalue weighted by molar-refractivity contribution is 0.880. The monoisotopic (exact) mass is 474 g/mol. The van der Waals surface area contributed by atoms with Gasteiger partial charge in [0, 0.05) is 8.04 Å². The van der Waals surface area contributed by atoms with Crippen molar-refractivity contribution in [3.05, 3.63) is 55.8 Å². The molecule has 0 fully saturated rings. The van der Waals surface area contributed by atoms with E-state index in [9.17, 15) is 0 Å². The highest BCUT2D eigenvalue weighted by Crippen LogP contribution is 2.32. The van der Waals surface area contributed by atoms with Gasteiger partial charge in [-0.15, -0.1) is 11.6 Å². The number of hydrogen-bond acceptors (Lipinski definition) is 1. The zero-order chi connectivity index (χ0) is 15.1. The summed E-state index contributed by atoms with van der Waals surface area (Å²) in [5.41, 5.74) is 4.32. The molecule has 21 heavy (non-hydrogen) atoms. The number of imidazole rings is 1. The van der Waals surface area contributed by atoms with Gasteiger partial charge < -0.3 is 0 Å². The van der Waals surface area contributed by atoms with Gasteiger partial charge in [-0.1, -0.05) is 6.07 Å². The molecule has 108 valence electrons. The Morgan fingerprint density at radius 1 is 1.24 bits per heavy atom. The van der Waals surface area contributed by atoms with E-state index in [1.54, 1.807) is 0 Å². The Bertz CT molecular complexity index is 827. The topological polar surface area (TPSA) is 17.8 Å². The van der Waals surface area contributed by atoms with E-state index in [1.165, 1.54) is 9.13 Å². The Hall–Kier alpha value is -0.590. The average molecular weight is 476 g/mol. The second-order valence-corrected chi connectivity index (χ2v) is 7.76. The van der Waals surface area contributed by atoms with Crippen molar-refractivity contribution >= 4 is 61.2 Å². The molecule has 0 aliphatic rings. The fraction of sp³-hybridized carbons (Fsp3) is 0.188. The SMILES string of the molecule is Cc1ccc(-n2c(C(C)Cl)nc3cc(I)ccc32)c(Br)c1. The number of nitrogens with zero attached hydrogens (tertiary/aromatic N) is 2. The first kappa shape index (κ1) is 15.3. The molecule has 2 aromatic carbocycles. The minimum Gasteiger partial charge on any atom is -0.294 e. The van der Waals surface area contributed by atoms with Gasteiger partial charge in [0.25, 0.3) is 0 Å². The second-order valence-electron chi connectivity index (χ2n) is 5.01. The van der Waals surface area contributed by atoms with Gasteiger partial charge in [-0.2, -0.15) is 0 Å². The van der Waals surface area contributed by atoms with Crippen LogP contribution in [0.2, 0.25) is 0 Å². The van der Waals surface area contributed by atoms with Crippen LogP contribution in [0, 0.1) is 10.5 Å². The number of alkyl halides is 1. The molecule has 0 bridgehead atoms. The van der Waals surface area contributed by atoms with Crippen molar-refractivity contribution in [1.82, 2.24) is 9.55 Å². The van der Waals surface area contributed by atoms with Crippen molar-refractivity contribution in [3.8, 4) is 5.69 Å². The van der Waals surface area contributed by atoms with Crippen LogP contribution in [0.1, 0.15) is 23.7 Å². The van der Waals surface area contributed by atoms with Crippen molar-refractivity contribution in [2.75, 3.05) is 0 Å². The first-order valence-electron chi connectivity index (χ1n) is 6.56. The summed E-state index contributed by atoms with van der Waals surface area (Å²) in [4.78, 5) is 4.72. The molecule has 0 saturated heterocycles. The summed E-state index contributed by atoms with van der Waals surface area (Å²) in [7, 11) is 0. The van der Waals surface area contributed by atoms with Crippen LogP contribution in [-0.4, -0.2) is 9.55 Å². The third-order valence-electron chi connectivity index (χ3n) is 3.34. The summed E-state index contributed by atoms with van der Waals surface area (Å²) in [6.07, 6.45) is 0. The Balaban J connectivity index is 2.36. The number of halogens is 3. The predicted octanol–water partition coefficient (Wildman–Crippen LogP) is 6.00. The van der Waals surface area contributed by atoms with Crippen LogP contribution < -0.4 is 0 Å². The van der Waals surface area contributed by atoms with Crippen molar-refractivity contribution in [1.29, 1.82) is 0 Å². The smallest absolute Gasteiger partial charge is 0.132 e. The number of rotatable bonds is 2. The van der Waals surface area contributed by atoms with Gasteiger partial charge in [0.2, 0.25) is 0 Å². The van der Waals surface area contributed by atoms with Crippen molar-refractivity contribution in [3.63, 3.8) is 0 Å². The quantitative estimate of drug-likeness (QED) is 0.328. The maximum atomic E-state index is 6.35. The molecule has 3 aromatic rings. The maximum Gasteiger partial charge on any atom is 0.132 e. The minimum atomic E-state index is -0.164. The van der Waals surface area contributed by atoms with Gasteiger partial charge in [0.1, 0.15) is 5.82 Å². The van der Waals surface area contributed by atoms with Gasteiger partial charge in [-0.05, 0) is 88.3 Å². The van der Waals surface area contributed by atoms with E-state index in [0.717, 1.165) is 27.0 Å². The van der Waals surface area contributed by atoms with Crippen molar-refractivity contribution < 1.29 is 0 Å². The molecule has 3 rings (SSSR count). The average Bonchev–Trinajstić information content (AvgIpc) is 2.77. The molecular formula is C16H13BrClIN2. The highest BCUT2D eigenvalue weighted by Gasteiger charge is 2.18. The third-order valence-corrected chi connectivity index (χ3v) is 4.84. The van der Waals surface area contributed by atoms with Gasteiger partial charge in [0.05, 0.1) is 22.1 Å². The lowest BCUT2D eigenvalue weighted by Crippen LogP contribution is -2.02. The number of benzene rings is 2. The van der Waals surface area contributed by atoms with E-state index < -0.39 is 0 Å². The summed E-state index contributed by atoms with van der Waals surface area (Å²) >= 11 is 12.3. The molecular weight excluding hydrogens is 462 g/mol. The third kappa shape index (κ3) is 2.85. The Labute approximate surface area is 150 Å². The molecule has 0 N–H and O–H groups in total. The summed E-state index contributed by atoms with van der Waals surface area (Å²) < 4.78 is 4.34. The second kappa shape index (κ2) is 5.89. The molecule has 1 unspecified atom stereocenters. The lowest BCUT2D eigenvalue weighted by Gasteiger charge is -2.13. The largest absolute Gasteiger partial charge is 0.294 e. The standard InChI is InChI=1S/C16H13BrClIN2/c1-9-3-5-14(12(17)7-9)21-15-6-4-11(19)8-13(15)20-16(21)10(2)18/h3-8,10H,1-2H3. The molecule has 0 amide bonds. The van der Waals surface area contributed by atoms with Crippen LogP contribution in [-0.2, 0) is 0 Å². The molecule has 1 heterocycles. The van der Waals surface area contributed by atoms with E-state index in [1.807, 2.05) is 6.92 Å². The summed E-state index contributed by atoms with van der Waals surface area (Å²) in [5.74, 6) is 0.859. The van der Waals surface area contributed by atoms with Crippen LogP contribution in [0.5, 0.6) is 0 Å². The van der Waals surface area contributed by atoms with E-state index >= 15 is 0 Å². The molecule has 2 nitrogen and oxygen atoms in total. The molecule has 0 aliphatic heterocycles. The van der Waals surface area contributed by atoms with Crippen molar-refractivity contribution in [2.45, 2.75) is 19.2 Å². The van der Waals surface area contributed by atoms with Crippen LogP contribution in [0.4, 0.5) is 0 Å². The van der Waals surface area contributed by atoms with Crippen LogP contribution in [0.15, 0.2) is 40.9 Å². The fourth-order valence-electron chi connectivity index (χ4n) is 2.39. The normalized spacial score (nSPS) is 12.8. The highest BCUT2D eigenvalue weighted by atomic mass is 127. The van der Waals surface area contributed by atoms with Crippen LogP contribution in [0.3, 0.4) is 0 Å². The molecule has 0 spiro atoms. The highest BCUT2D eigenvalue weighted by molar-refractivity contribution is 14.1. The minimum absolute atomic E-state index is 0.164. The zero-order valence-corrected chi connectivity index (χ0v) is 16.1. The van der Waals surface area contributed by atoms with Gasteiger partial charge in [-0.3, -0.25) is 4.57 Å². The van der Waals surface area contributed by atoms with E-state index in [2.05, 4.69) is 86.4 Å². The molecule has 1 aromatic heterocycles. The summed E-state index contributed by atoms with van der Waals surface area (Å²) in [6, 6.07) is 12.6. The van der Waals surface area contributed by atoms with E-state index in [0.29, 0.717) is 0 Å². The van der Waals surface area contributed by atoms with Gasteiger partial charge >= 0.3 is 0 Å². The predicted molar refractivity (Wildman–Crippen MR) is 100 cm³/mol. The number of hydrogen-bond donors (Lipinski definition) is 0. The van der Waals surface area contributed by atoms with Crippen LogP contribution >= 0.6 is 50.1 Å². The Morgan fingerprint density at radius 3 is 2.67 bits per heavy atom.